The molecule has 2 rings (SSSR count). The van der Waals surface area contributed by atoms with E-state index in [2.05, 4.69) is 30.2 Å². The van der Waals surface area contributed by atoms with Crippen molar-refractivity contribution in [2.24, 2.45) is 4.99 Å². The molecule has 0 aliphatic heterocycles. The third-order valence-electron chi connectivity index (χ3n) is 2.51. The van der Waals surface area contributed by atoms with Gasteiger partial charge in [-0.25, -0.2) is 0 Å². The van der Waals surface area contributed by atoms with Crippen LogP contribution in [-0.4, -0.2) is 11.7 Å². The summed E-state index contributed by atoms with van der Waals surface area (Å²) >= 11 is 0. The molecule has 0 aliphatic rings. The van der Waals surface area contributed by atoms with Gasteiger partial charge in [-0.1, -0.05) is 24.8 Å². The minimum absolute atomic E-state index is 0.811. The lowest BCUT2D eigenvalue weighted by Crippen LogP contribution is -1.85. The Bertz CT molecular complexity index is 541. The highest BCUT2D eigenvalue weighted by Crippen LogP contribution is 2.30. The molecule has 0 saturated carbocycles. The van der Waals surface area contributed by atoms with Crippen molar-refractivity contribution in [1.82, 2.24) is 4.98 Å². The summed E-state index contributed by atoms with van der Waals surface area (Å²) in [4.78, 5) is 8.37. The van der Waals surface area contributed by atoms with Crippen LogP contribution in [0.3, 0.4) is 0 Å². The third kappa shape index (κ3) is 1.44. The minimum Gasteiger partial charge on any atom is -0.262 e. The summed E-state index contributed by atoms with van der Waals surface area (Å²) in [7, 11) is 0. The molecule has 0 atom stereocenters. The van der Waals surface area contributed by atoms with E-state index in [0.29, 0.717) is 0 Å². The van der Waals surface area contributed by atoms with E-state index in [9.17, 15) is 0 Å². The predicted molar refractivity (Wildman–Crippen MR) is 65.8 cm³/mol. The van der Waals surface area contributed by atoms with E-state index in [1.54, 1.807) is 12.3 Å². The second kappa shape index (κ2) is 3.65. The quantitative estimate of drug-likeness (QED) is 0.674. The van der Waals surface area contributed by atoms with E-state index in [1.165, 1.54) is 5.56 Å². The Morgan fingerprint density at radius 1 is 1.33 bits per heavy atom. The summed E-state index contributed by atoms with van der Waals surface area (Å²) < 4.78 is 0. The maximum absolute atomic E-state index is 4.34. The van der Waals surface area contributed by atoms with Crippen molar-refractivity contribution in [3.05, 3.63) is 42.1 Å². The Morgan fingerprint density at radius 3 is 2.80 bits per heavy atom. The third-order valence-corrected chi connectivity index (χ3v) is 2.51. The zero-order valence-electron chi connectivity index (χ0n) is 8.70. The van der Waals surface area contributed by atoms with E-state index in [0.717, 1.165) is 22.2 Å². The lowest BCUT2D eigenvalue weighted by molar-refractivity contribution is 1.35. The molecule has 2 nitrogen and oxygen atoms in total. The molecule has 0 amide bonds. The Kier molecular flexibility index (Phi) is 2.34. The van der Waals surface area contributed by atoms with Gasteiger partial charge in [-0.3, -0.25) is 9.98 Å². The first-order valence-corrected chi connectivity index (χ1v) is 4.75. The van der Waals surface area contributed by atoms with E-state index in [4.69, 9.17) is 0 Å². The van der Waals surface area contributed by atoms with Gasteiger partial charge in [0, 0.05) is 17.1 Å². The number of aryl methyl sites for hydroxylation is 1. The maximum atomic E-state index is 4.34. The topological polar surface area (TPSA) is 25.2 Å². The van der Waals surface area contributed by atoms with Crippen LogP contribution in [0.25, 0.3) is 17.0 Å². The number of aromatic nitrogens is 1. The molecule has 0 saturated heterocycles. The number of pyridine rings is 1. The van der Waals surface area contributed by atoms with Crippen molar-refractivity contribution >= 4 is 29.4 Å². The van der Waals surface area contributed by atoms with Gasteiger partial charge in [-0.2, -0.15) is 0 Å². The van der Waals surface area contributed by atoms with E-state index in [1.807, 2.05) is 18.2 Å². The summed E-state index contributed by atoms with van der Waals surface area (Å²) in [5.41, 5.74) is 3.87. The van der Waals surface area contributed by atoms with Gasteiger partial charge < -0.3 is 0 Å². The summed E-state index contributed by atoms with van der Waals surface area (Å²) in [6, 6.07) is 6.03. The van der Waals surface area contributed by atoms with Crippen LogP contribution in [0.4, 0.5) is 5.69 Å². The maximum Gasteiger partial charge on any atom is 0.0966 e. The predicted octanol–water partition coefficient (Wildman–Crippen LogP) is 3.52. The molecule has 0 spiro atoms. The Hall–Kier alpha value is -1.96. The lowest BCUT2D eigenvalue weighted by atomic mass is 10.1. The van der Waals surface area contributed by atoms with Crippen molar-refractivity contribution in [2.45, 2.75) is 6.92 Å². The molecule has 2 aromatic rings. The number of aliphatic imine (C=N–C) groups is 1. The lowest BCUT2D eigenvalue weighted by Gasteiger charge is -2.06. The van der Waals surface area contributed by atoms with E-state index < -0.39 is 0 Å². The molecule has 1 aromatic heterocycles. The van der Waals surface area contributed by atoms with E-state index >= 15 is 0 Å². The number of benzene rings is 1. The van der Waals surface area contributed by atoms with Crippen LogP contribution in [0.2, 0.25) is 0 Å². The molecule has 0 aliphatic carbocycles. The van der Waals surface area contributed by atoms with Crippen LogP contribution in [0.1, 0.15) is 11.1 Å². The number of nitrogens with zero attached hydrogens (tertiary/aromatic N) is 2. The summed E-state index contributed by atoms with van der Waals surface area (Å²) in [6.07, 6.45) is 3.56. The molecule has 74 valence electrons. The van der Waals surface area contributed by atoms with Crippen molar-refractivity contribution in [3.8, 4) is 0 Å². The second-order valence-electron chi connectivity index (χ2n) is 3.39. The van der Waals surface area contributed by atoms with Crippen LogP contribution in [0.15, 0.2) is 36.0 Å². The fourth-order valence-electron chi connectivity index (χ4n) is 1.69. The molecule has 15 heavy (non-hydrogen) atoms. The van der Waals surface area contributed by atoms with Crippen molar-refractivity contribution in [3.63, 3.8) is 0 Å². The SMILES string of the molecule is C=Cc1ccc2c(C)ccnc2c1N=C. The monoisotopic (exact) mass is 196 g/mol. The first-order valence-electron chi connectivity index (χ1n) is 4.75. The highest BCUT2D eigenvalue weighted by Gasteiger charge is 2.06. The molecule has 0 unspecified atom stereocenters. The summed E-state index contributed by atoms with van der Waals surface area (Å²) in [5, 5.41) is 1.12. The molecule has 0 N–H and O–H groups in total. The molecule has 0 bridgehead atoms. The van der Waals surface area contributed by atoms with Crippen LogP contribution in [0.5, 0.6) is 0 Å². The largest absolute Gasteiger partial charge is 0.262 e. The van der Waals surface area contributed by atoms with Crippen LogP contribution in [-0.2, 0) is 0 Å². The molecule has 1 heterocycles. The van der Waals surface area contributed by atoms with Gasteiger partial charge in [0.05, 0.1) is 11.2 Å². The Labute approximate surface area is 89.0 Å². The molecule has 0 radical (unpaired) electrons. The van der Waals surface area contributed by atoms with Crippen LogP contribution in [0, 0.1) is 6.92 Å². The fraction of sp³-hybridized carbons (Fsp3) is 0.0769. The first-order chi connectivity index (χ1) is 7.27. The highest BCUT2D eigenvalue weighted by atomic mass is 14.8. The van der Waals surface area contributed by atoms with E-state index in [-0.39, 0.29) is 0 Å². The van der Waals surface area contributed by atoms with Crippen molar-refractivity contribution < 1.29 is 0 Å². The molecule has 1 aromatic carbocycles. The highest BCUT2D eigenvalue weighted by molar-refractivity contribution is 5.95. The number of fused-ring (bicyclic) bond motifs is 1. The normalized spacial score (nSPS) is 10.2. The van der Waals surface area contributed by atoms with Gasteiger partial charge in [0.15, 0.2) is 0 Å². The van der Waals surface area contributed by atoms with Gasteiger partial charge in [-0.05, 0) is 25.3 Å². The van der Waals surface area contributed by atoms with Crippen LogP contribution < -0.4 is 0 Å². The molecular weight excluding hydrogens is 184 g/mol. The molecule has 2 heteroatoms. The average molecular weight is 196 g/mol. The van der Waals surface area contributed by atoms with Gasteiger partial charge >= 0.3 is 0 Å². The van der Waals surface area contributed by atoms with Gasteiger partial charge in [-0.15, -0.1) is 0 Å². The van der Waals surface area contributed by atoms with Gasteiger partial charge in [0.25, 0.3) is 0 Å². The Morgan fingerprint density at radius 2 is 2.13 bits per heavy atom. The smallest absolute Gasteiger partial charge is 0.0966 e. The number of rotatable bonds is 2. The van der Waals surface area contributed by atoms with Crippen molar-refractivity contribution in [2.75, 3.05) is 0 Å². The van der Waals surface area contributed by atoms with Gasteiger partial charge in [0.1, 0.15) is 0 Å². The number of hydrogen-bond donors (Lipinski definition) is 0. The Balaban J connectivity index is 2.94. The summed E-state index contributed by atoms with van der Waals surface area (Å²) in [6.45, 7) is 9.39. The van der Waals surface area contributed by atoms with Gasteiger partial charge in [0.2, 0.25) is 0 Å². The molecule has 0 fully saturated rings. The minimum atomic E-state index is 0.811. The zero-order valence-corrected chi connectivity index (χ0v) is 8.70. The summed E-state index contributed by atoms with van der Waals surface area (Å²) in [5.74, 6) is 0. The molecular formula is C13H12N2. The van der Waals surface area contributed by atoms with Crippen LogP contribution >= 0.6 is 0 Å². The number of hydrogen-bond acceptors (Lipinski definition) is 2. The first kappa shape index (κ1) is 9.59. The second-order valence-corrected chi connectivity index (χ2v) is 3.39. The standard InChI is InChI=1S/C13H12N2/c1-4-10-5-6-11-9(2)7-8-15-13(11)12(10)14-3/h4-8H,1,3H2,2H3. The fourth-order valence-corrected chi connectivity index (χ4v) is 1.69. The zero-order chi connectivity index (χ0) is 10.8. The van der Waals surface area contributed by atoms with Crippen molar-refractivity contribution in [1.29, 1.82) is 0 Å². The average Bonchev–Trinajstić information content (AvgIpc) is 2.28.